The van der Waals surface area contributed by atoms with Crippen LogP contribution in [0.15, 0.2) is 36.5 Å². The van der Waals surface area contributed by atoms with Gasteiger partial charge in [0.1, 0.15) is 11.3 Å². The smallest absolute Gasteiger partial charge is 0.280 e. The molecular weight excluding hydrogens is 376 g/mol. The van der Waals surface area contributed by atoms with E-state index in [-0.39, 0.29) is 22.8 Å². The van der Waals surface area contributed by atoms with Gasteiger partial charge in [-0.3, -0.25) is 9.69 Å². The number of rotatable bonds is 4. The normalized spacial score (nSPS) is 15.4. The van der Waals surface area contributed by atoms with Crippen LogP contribution < -0.4 is 0 Å². The van der Waals surface area contributed by atoms with Crippen LogP contribution in [0.4, 0.5) is 8.78 Å². The number of aryl methyl sites for hydroxylation is 2. The molecule has 0 N–H and O–H groups in total. The maximum absolute atomic E-state index is 13.3. The Bertz CT molecular complexity index is 1040. The molecular formula is C21H23F2N5O. The highest BCUT2D eigenvalue weighted by molar-refractivity contribution is 5.99. The van der Waals surface area contributed by atoms with Crippen LogP contribution in [0.5, 0.6) is 0 Å². The molecule has 1 amide bonds. The summed E-state index contributed by atoms with van der Waals surface area (Å²) in [5, 5.41) is 3.99. The molecule has 0 unspecified atom stereocenters. The maximum Gasteiger partial charge on any atom is 0.280 e. The molecule has 1 saturated heterocycles. The summed E-state index contributed by atoms with van der Waals surface area (Å²) >= 11 is 0. The summed E-state index contributed by atoms with van der Waals surface area (Å²) in [6.45, 7) is 7.26. The molecule has 152 valence electrons. The van der Waals surface area contributed by atoms with Gasteiger partial charge in [0.05, 0.1) is 6.20 Å². The van der Waals surface area contributed by atoms with Crippen LogP contribution in [0.1, 0.15) is 39.3 Å². The van der Waals surface area contributed by atoms with Gasteiger partial charge in [-0.1, -0.05) is 24.3 Å². The molecule has 0 atom stereocenters. The number of hydrogen-bond donors (Lipinski definition) is 0. The van der Waals surface area contributed by atoms with E-state index in [1.165, 1.54) is 23.4 Å². The van der Waals surface area contributed by atoms with Crippen LogP contribution in [-0.2, 0) is 6.54 Å². The second kappa shape index (κ2) is 7.87. The van der Waals surface area contributed by atoms with E-state index in [9.17, 15) is 13.6 Å². The summed E-state index contributed by atoms with van der Waals surface area (Å²) in [5.74, 6) is -0.214. The van der Waals surface area contributed by atoms with E-state index in [4.69, 9.17) is 0 Å². The van der Waals surface area contributed by atoms with Crippen molar-refractivity contribution in [2.45, 2.75) is 26.8 Å². The van der Waals surface area contributed by atoms with Gasteiger partial charge in [-0.25, -0.2) is 18.3 Å². The zero-order chi connectivity index (χ0) is 20.5. The van der Waals surface area contributed by atoms with E-state index in [0.29, 0.717) is 18.8 Å². The molecule has 3 heterocycles. The summed E-state index contributed by atoms with van der Waals surface area (Å²) in [7, 11) is 0. The quantitative estimate of drug-likeness (QED) is 0.676. The number of carbonyl (C=O) groups is 1. The summed E-state index contributed by atoms with van der Waals surface area (Å²) in [5.41, 5.74) is 3.18. The molecule has 0 spiro atoms. The predicted molar refractivity (Wildman–Crippen MR) is 105 cm³/mol. The van der Waals surface area contributed by atoms with Crippen molar-refractivity contribution in [3.05, 3.63) is 64.6 Å². The fourth-order valence-electron chi connectivity index (χ4n) is 3.73. The minimum Gasteiger partial charge on any atom is -0.336 e. The van der Waals surface area contributed by atoms with Gasteiger partial charge in [0, 0.05) is 38.4 Å². The number of amides is 1. The van der Waals surface area contributed by atoms with Crippen LogP contribution in [0.2, 0.25) is 0 Å². The molecule has 1 aliphatic rings. The molecule has 3 aromatic rings. The molecule has 29 heavy (non-hydrogen) atoms. The molecule has 0 aliphatic carbocycles. The van der Waals surface area contributed by atoms with E-state index in [2.05, 4.69) is 34.0 Å². The van der Waals surface area contributed by atoms with Crippen molar-refractivity contribution < 1.29 is 13.6 Å². The van der Waals surface area contributed by atoms with Crippen LogP contribution in [0, 0.1) is 13.8 Å². The van der Waals surface area contributed by atoms with Gasteiger partial charge in [0.15, 0.2) is 5.65 Å². The summed E-state index contributed by atoms with van der Waals surface area (Å²) in [6.07, 6.45) is -1.34. The number of alkyl halides is 2. The lowest BCUT2D eigenvalue weighted by Crippen LogP contribution is -2.48. The molecule has 4 rings (SSSR count). The van der Waals surface area contributed by atoms with E-state index in [1.54, 1.807) is 11.8 Å². The number of benzene rings is 1. The third-order valence-corrected chi connectivity index (χ3v) is 5.40. The molecule has 0 saturated carbocycles. The van der Waals surface area contributed by atoms with Gasteiger partial charge in [0.25, 0.3) is 12.3 Å². The monoisotopic (exact) mass is 399 g/mol. The zero-order valence-electron chi connectivity index (χ0n) is 16.5. The van der Waals surface area contributed by atoms with Crippen LogP contribution >= 0.6 is 0 Å². The Morgan fingerprint density at radius 3 is 2.55 bits per heavy atom. The van der Waals surface area contributed by atoms with Gasteiger partial charge in [-0.05, 0) is 31.0 Å². The van der Waals surface area contributed by atoms with Crippen molar-refractivity contribution in [2.75, 3.05) is 26.2 Å². The highest BCUT2D eigenvalue weighted by Gasteiger charge is 2.26. The number of hydrogen-bond acceptors (Lipinski definition) is 4. The van der Waals surface area contributed by atoms with E-state index in [1.807, 2.05) is 12.1 Å². The molecule has 2 aromatic heterocycles. The Kier molecular flexibility index (Phi) is 5.27. The van der Waals surface area contributed by atoms with Crippen molar-refractivity contribution in [2.24, 2.45) is 0 Å². The fourth-order valence-corrected chi connectivity index (χ4v) is 3.73. The van der Waals surface area contributed by atoms with Gasteiger partial charge in [-0.2, -0.15) is 5.10 Å². The highest BCUT2D eigenvalue weighted by Crippen LogP contribution is 2.23. The average molecular weight is 399 g/mol. The minimum atomic E-state index is -2.69. The third-order valence-electron chi connectivity index (χ3n) is 5.40. The SMILES string of the molecule is Cc1cc(C(F)F)n2ncc(C(=O)N3CCN(Cc4ccccc4C)CC3)c2n1. The standard InChI is InChI=1S/C21H23F2N5O/c1-14-5-3-4-6-16(14)13-26-7-9-27(10-8-26)21(29)17-12-24-28-18(19(22)23)11-15(2)25-20(17)28/h3-6,11-12,19H,7-10,13H2,1-2H3. The lowest BCUT2D eigenvalue weighted by molar-refractivity contribution is 0.0629. The number of halogens is 2. The average Bonchev–Trinajstić information content (AvgIpc) is 3.12. The maximum atomic E-state index is 13.3. The number of fused-ring (bicyclic) bond motifs is 1. The van der Waals surface area contributed by atoms with Crippen molar-refractivity contribution in [3.63, 3.8) is 0 Å². The molecule has 0 radical (unpaired) electrons. The summed E-state index contributed by atoms with van der Waals surface area (Å²) in [6, 6.07) is 9.59. The van der Waals surface area contributed by atoms with Gasteiger partial charge < -0.3 is 4.90 Å². The molecule has 8 heteroatoms. The zero-order valence-corrected chi connectivity index (χ0v) is 16.5. The number of nitrogens with zero attached hydrogens (tertiary/aromatic N) is 5. The Morgan fingerprint density at radius 1 is 1.14 bits per heavy atom. The lowest BCUT2D eigenvalue weighted by Gasteiger charge is -2.34. The number of carbonyl (C=O) groups excluding carboxylic acids is 1. The first-order valence-corrected chi connectivity index (χ1v) is 9.63. The minimum absolute atomic E-state index is 0.188. The molecule has 1 aliphatic heterocycles. The number of piperazine rings is 1. The third kappa shape index (κ3) is 3.85. The van der Waals surface area contributed by atoms with Gasteiger partial charge in [-0.15, -0.1) is 0 Å². The topological polar surface area (TPSA) is 53.7 Å². The van der Waals surface area contributed by atoms with E-state index >= 15 is 0 Å². The van der Waals surface area contributed by atoms with Crippen molar-refractivity contribution in [1.82, 2.24) is 24.4 Å². The van der Waals surface area contributed by atoms with Crippen LogP contribution in [-0.4, -0.2) is 56.5 Å². The highest BCUT2D eigenvalue weighted by atomic mass is 19.3. The van der Waals surface area contributed by atoms with Crippen molar-refractivity contribution >= 4 is 11.6 Å². The first-order chi connectivity index (χ1) is 13.9. The first kappa shape index (κ1) is 19.4. The Labute approximate surface area is 167 Å². The predicted octanol–water partition coefficient (Wildman–Crippen LogP) is 3.24. The van der Waals surface area contributed by atoms with Crippen molar-refractivity contribution in [1.29, 1.82) is 0 Å². The Morgan fingerprint density at radius 2 is 1.86 bits per heavy atom. The van der Waals surface area contributed by atoms with Crippen molar-refractivity contribution in [3.8, 4) is 0 Å². The van der Waals surface area contributed by atoms with Gasteiger partial charge >= 0.3 is 0 Å². The number of aromatic nitrogens is 3. The fraction of sp³-hybridized carbons (Fsp3) is 0.381. The van der Waals surface area contributed by atoms with Crippen LogP contribution in [0.3, 0.4) is 0 Å². The van der Waals surface area contributed by atoms with Crippen LogP contribution in [0.25, 0.3) is 5.65 Å². The lowest BCUT2D eigenvalue weighted by atomic mass is 10.1. The summed E-state index contributed by atoms with van der Waals surface area (Å²) < 4.78 is 27.7. The Hall–Kier alpha value is -2.87. The largest absolute Gasteiger partial charge is 0.336 e. The first-order valence-electron chi connectivity index (χ1n) is 9.63. The summed E-state index contributed by atoms with van der Waals surface area (Å²) in [4.78, 5) is 21.4. The molecule has 1 aromatic carbocycles. The molecule has 6 nitrogen and oxygen atoms in total. The Balaban J connectivity index is 1.48. The molecule has 0 bridgehead atoms. The van der Waals surface area contributed by atoms with E-state index < -0.39 is 6.43 Å². The van der Waals surface area contributed by atoms with E-state index in [0.717, 1.165) is 24.1 Å². The molecule has 1 fully saturated rings. The second-order valence-electron chi connectivity index (χ2n) is 7.41. The van der Waals surface area contributed by atoms with Gasteiger partial charge in [0.2, 0.25) is 0 Å². The second-order valence-corrected chi connectivity index (χ2v) is 7.41.